The predicted octanol–water partition coefficient (Wildman–Crippen LogP) is 2.87. The van der Waals surface area contributed by atoms with E-state index in [1.54, 1.807) is 12.1 Å². The van der Waals surface area contributed by atoms with Gasteiger partial charge in [0.2, 0.25) is 0 Å². The monoisotopic (exact) mass is 255 g/mol. The van der Waals surface area contributed by atoms with Crippen molar-refractivity contribution in [3.05, 3.63) is 34.3 Å². The third-order valence-corrected chi connectivity index (χ3v) is 3.02. The minimum absolute atomic E-state index is 0.0238. The number of aromatic carboxylic acids is 1. The highest BCUT2D eigenvalue weighted by molar-refractivity contribution is 7.13. The maximum absolute atomic E-state index is 10.7. The number of carbonyl (C=O) groups is 1. The number of carboxylic acid groups (broad SMARTS) is 1. The molecule has 2 N–H and O–H groups in total. The van der Waals surface area contributed by atoms with Gasteiger partial charge in [0.1, 0.15) is 10.8 Å². The topological polar surface area (TPSA) is 70.4 Å². The van der Waals surface area contributed by atoms with Gasteiger partial charge in [0, 0.05) is 10.4 Å². The second-order valence-electron chi connectivity index (χ2n) is 3.00. The maximum Gasteiger partial charge on any atom is 0.355 e. The number of hydrogen-bond donors (Lipinski definition) is 2. The van der Waals surface area contributed by atoms with Gasteiger partial charge in [-0.05, 0) is 18.2 Å². The molecule has 2 aromatic rings. The molecule has 0 saturated carbocycles. The van der Waals surface area contributed by atoms with E-state index in [0.29, 0.717) is 15.6 Å². The summed E-state index contributed by atoms with van der Waals surface area (Å²) >= 11 is 6.93. The Balaban J connectivity index is 2.50. The van der Waals surface area contributed by atoms with E-state index >= 15 is 0 Å². The van der Waals surface area contributed by atoms with Gasteiger partial charge in [-0.15, -0.1) is 11.3 Å². The Morgan fingerprint density at radius 1 is 1.44 bits per heavy atom. The van der Waals surface area contributed by atoms with Crippen molar-refractivity contribution in [2.45, 2.75) is 0 Å². The number of phenolic OH excluding ortho intramolecular Hbond substituents is 1. The molecule has 1 aromatic carbocycles. The Morgan fingerprint density at radius 3 is 2.81 bits per heavy atom. The van der Waals surface area contributed by atoms with Crippen LogP contribution in [0.5, 0.6) is 5.75 Å². The van der Waals surface area contributed by atoms with Crippen molar-refractivity contribution in [3.63, 3.8) is 0 Å². The Hall–Kier alpha value is -1.59. The van der Waals surface area contributed by atoms with Crippen LogP contribution in [0.4, 0.5) is 0 Å². The molecule has 1 aromatic heterocycles. The van der Waals surface area contributed by atoms with Crippen molar-refractivity contribution < 1.29 is 15.0 Å². The normalized spacial score (nSPS) is 10.3. The van der Waals surface area contributed by atoms with Crippen molar-refractivity contribution in [2.75, 3.05) is 0 Å². The molecule has 0 spiro atoms. The zero-order chi connectivity index (χ0) is 11.7. The summed E-state index contributed by atoms with van der Waals surface area (Å²) in [6.45, 7) is 0. The summed E-state index contributed by atoms with van der Waals surface area (Å²) in [6.07, 6.45) is 0. The number of aromatic hydroxyl groups is 1. The Morgan fingerprint density at radius 2 is 2.19 bits per heavy atom. The van der Waals surface area contributed by atoms with E-state index in [4.69, 9.17) is 16.7 Å². The number of rotatable bonds is 2. The van der Waals surface area contributed by atoms with Crippen LogP contribution in [0.1, 0.15) is 10.5 Å². The van der Waals surface area contributed by atoms with Gasteiger partial charge in [0.05, 0.1) is 5.56 Å². The number of thiazole rings is 1. The highest BCUT2D eigenvalue weighted by atomic mass is 35.5. The minimum Gasteiger partial charge on any atom is -0.507 e. The Bertz CT molecular complexity index is 553. The SMILES string of the molecule is O=C(O)c1csc(-c2cc(Cl)ccc2O)n1. The summed E-state index contributed by atoms with van der Waals surface area (Å²) in [4.78, 5) is 14.5. The van der Waals surface area contributed by atoms with E-state index in [1.165, 1.54) is 11.4 Å². The fourth-order valence-corrected chi connectivity index (χ4v) is 2.17. The maximum atomic E-state index is 10.7. The zero-order valence-electron chi connectivity index (χ0n) is 7.85. The lowest BCUT2D eigenvalue weighted by Crippen LogP contribution is -1.95. The number of aromatic nitrogens is 1. The molecule has 1 heterocycles. The van der Waals surface area contributed by atoms with Crippen LogP contribution in [-0.2, 0) is 0 Å². The second-order valence-corrected chi connectivity index (χ2v) is 4.30. The lowest BCUT2D eigenvalue weighted by Gasteiger charge is -2.00. The van der Waals surface area contributed by atoms with Crippen LogP contribution in [-0.4, -0.2) is 21.2 Å². The molecule has 0 aliphatic rings. The molecule has 0 aliphatic heterocycles. The third-order valence-electron chi connectivity index (χ3n) is 1.91. The van der Waals surface area contributed by atoms with Gasteiger partial charge >= 0.3 is 5.97 Å². The molecule has 2 rings (SSSR count). The number of benzene rings is 1. The smallest absolute Gasteiger partial charge is 0.355 e. The molecule has 0 radical (unpaired) electrons. The summed E-state index contributed by atoms with van der Waals surface area (Å²) in [7, 11) is 0. The van der Waals surface area contributed by atoms with E-state index in [2.05, 4.69) is 4.98 Å². The molecule has 0 unspecified atom stereocenters. The quantitative estimate of drug-likeness (QED) is 0.866. The largest absolute Gasteiger partial charge is 0.507 e. The van der Waals surface area contributed by atoms with Crippen LogP contribution >= 0.6 is 22.9 Å². The lowest BCUT2D eigenvalue weighted by atomic mass is 10.2. The number of phenols is 1. The van der Waals surface area contributed by atoms with Crippen LogP contribution in [0.25, 0.3) is 10.6 Å². The molecule has 0 amide bonds. The van der Waals surface area contributed by atoms with E-state index in [0.717, 1.165) is 11.3 Å². The van der Waals surface area contributed by atoms with Gasteiger partial charge in [-0.2, -0.15) is 0 Å². The standard InChI is InChI=1S/C10H6ClNO3S/c11-5-1-2-8(13)6(3-5)9-12-7(4-16-9)10(14)15/h1-4,13H,(H,14,15). The van der Waals surface area contributed by atoms with Crippen LogP contribution in [0.15, 0.2) is 23.6 Å². The number of nitrogens with zero attached hydrogens (tertiary/aromatic N) is 1. The zero-order valence-corrected chi connectivity index (χ0v) is 9.42. The van der Waals surface area contributed by atoms with Crippen molar-refractivity contribution in [2.24, 2.45) is 0 Å². The average Bonchev–Trinajstić information content (AvgIpc) is 2.70. The molecule has 0 aliphatic carbocycles. The predicted molar refractivity (Wildman–Crippen MR) is 61.2 cm³/mol. The van der Waals surface area contributed by atoms with Crippen molar-refractivity contribution in [1.29, 1.82) is 0 Å². The minimum atomic E-state index is -1.09. The van der Waals surface area contributed by atoms with Gasteiger partial charge in [0.15, 0.2) is 5.69 Å². The first kappa shape index (κ1) is 10.9. The fraction of sp³-hybridized carbons (Fsp3) is 0. The molecule has 0 fully saturated rings. The van der Waals surface area contributed by atoms with Crippen LogP contribution in [0.3, 0.4) is 0 Å². The lowest BCUT2D eigenvalue weighted by molar-refractivity contribution is 0.0691. The molecule has 0 atom stereocenters. The summed E-state index contributed by atoms with van der Waals surface area (Å²) in [6, 6.07) is 4.53. The summed E-state index contributed by atoms with van der Waals surface area (Å²) < 4.78 is 0. The first-order valence-corrected chi connectivity index (χ1v) is 5.51. The van der Waals surface area contributed by atoms with Crippen LogP contribution in [0, 0.1) is 0 Å². The molecule has 82 valence electrons. The van der Waals surface area contributed by atoms with E-state index in [9.17, 15) is 9.90 Å². The van der Waals surface area contributed by atoms with Crippen LogP contribution in [0.2, 0.25) is 5.02 Å². The fourth-order valence-electron chi connectivity index (χ4n) is 1.18. The highest BCUT2D eigenvalue weighted by Crippen LogP contribution is 2.33. The van der Waals surface area contributed by atoms with E-state index in [1.807, 2.05) is 0 Å². The summed E-state index contributed by atoms with van der Waals surface area (Å²) in [5.41, 5.74) is 0.393. The first-order valence-electron chi connectivity index (χ1n) is 4.25. The number of halogens is 1. The Kier molecular flexibility index (Phi) is 2.80. The van der Waals surface area contributed by atoms with Gasteiger partial charge in [-0.3, -0.25) is 0 Å². The average molecular weight is 256 g/mol. The summed E-state index contributed by atoms with van der Waals surface area (Å²) in [5, 5.41) is 20.6. The van der Waals surface area contributed by atoms with Gasteiger partial charge in [0.25, 0.3) is 0 Å². The number of carboxylic acids is 1. The van der Waals surface area contributed by atoms with Gasteiger partial charge < -0.3 is 10.2 Å². The van der Waals surface area contributed by atoms with Gasteiger partial charge in [-0.1, -0.05) is 11.6 Å². The molecule has 4 nitrogen and oxygen atoms in total. The number of hydrogen-bond acceptors (Lipinski definition) is 4. The first-order chi connectivity index (χ1) is 7.58. The molecule has 0 saturated heterocycles. The Labute approximate surface area is 99.8 Å². The van der Waals surface area contributed by atoms with E-state index in [-0.39, 0.29) is 11.4 Å². The van der Waals surface area contributed by atoms with Gasteiger partial charge in [-0.25, -0.2) is 9.78 Å². The molecule has 6 heteroatoms. The summed E-state index contributed by atoms with van der Waals surface area (Å²) in [5.74, 6) is -1.07. The third kappa shape index (κ3) is 2.00. The van der Waals surface area contributed by atoms with Crippen molar-refractivity contribution >= 4 is 28.9 Å². The molecule has 0 bridgehead atoms. The van der Waals surface area contributed by atoms with Crippen LogP contribution < -0.4 is 0 Å². The second kappa shape index (κ2) is 4.11. The van der Waals surface area contributed by atoms with Crippen molar-refractivity contribution in [1.82, 2.24) is 4.98 Å². The molecular formula is C10H6ClNO3S. The van der Waals surface area contributed by atoms with Crippen molar-refractivity contribution in [3.8, 4) is 16.3 Å². The highest BCUT2D eigenvalue weighted by Gasteiger charge is 2.13. The molecular weight excluding hydrogens is 250 g/mol. The molecule has 16 heavy (non-hydrogen) atoms. The van der Waals surface area contributed by atoms with E-state index < -0.39 is 5.97 Å².